The van der Waals surface area contributed by atoms with Crippen molar-refractivity contribution in [2.75, 3.05) is 0 Å². The summed E-state index contributed by atoms with van der Waals surface area (Å²) in [5.41, 5.74) is 0.981. The first-order chi connectivity index (χ1) is 9.13. The molecule has 2 N–H and O–H groups in total. The van der Waals surface area contributed by atoms with Gasteiger partial charge in [-0.05, 0) is 19.9 Å². The SMILES string of the molecule is Cc1csc(CNC(=O)N[C@H](C)Cn2cccn2)n1. The largest absolute Gasteiger partial charge is 0.334 e. The zero-order valence-electron chi connectivity index (χ0n) is 11.0. The molecule has 1 atom stereocenters. The Morgan fingerprint density at radius 1 is 1.58 bits per heavy atom. The maximum absolute atomic E-state index is 11.7. The summed E-state index contributed by atoms with van der Waals surface area (Å²) >= 11 is 1.55. The van der Waals surface area contributed by atoms with Gasteiger partial charge >= 0.3 is 6.03 Å². The van der Waals surface area contributed by atoms with E-state index in [1.165, 1.54) is 0 Å². The second-order valence-corrected chi connectivity index (χ2v) is 5.28. The van der Waals surface area contributed by atoms with Crippen LogP contribution in [0.15, 0.2) is 23.8 Å². The Balaban J connectivity index is 1.71. The number of urea groups is 1. The fraction of sp³-hybridized carbons (Fsp3) is 0.417. The molecule has 2 amide bonds. The molecule has 0 saturated carbocycles. The molecule has 2 aromatic rings. The molecule has 0 aliphatic rings. The third-order valence-corrected chi connectivity index (χ3v) is 3.43. The van der Waals surface area contributed by atoms with Gasteiger partial charge in [-0.2, -0.15) is 5.10 Å². The van der Waals surface area contributed by atoms with E-state index in [1.807, 2.05) is 31.5 Å². The Labute approximate surface area is 115 Å². The lowest BCUT2D eigenvalue weighted by molar-refractivity contribution is 0.235. The normalized spacial score (nSPS) is 12.1. The van der Waals surface area contributed by atoms with Crippen LogP contribution in [0, 0.1) is 6.92 Å². The van der Waals surface area contributed by atoms with Gasteiger partial charge in [0.05, 0.1) is 13.1 Å². The zero-order chi connectivity index (χ0) is 13.7. The van der Waals surface area contributed by atoms with Gasteiger partial charge in [0.2, 0.25) is 0 Å². The van der Waals surface area contributed by atoms with Gasteiger partial charge in [0.1, 0.15) is 5.01 Å². The van der Waals surface area contributed by atoms with Crippen molar-refractivity contribution in [3.05, 3.63) is 34.5 Å². The molecule has 2 heterocycles. The van der Waals surface area contributed by atoms with E-state index in [-0.39, 0.29) is 12.1 Å². The average Bonchev–Trinajstić information content (AvgIpc) is 2.98. The van der Waals surface area contributed by atoms with Gasteiger partial charge in [-0.25, -0.2) is 9.78 Å². The topological polar surface area (TPSA) is 71.8 Å². The van der Waals surface area contributed by atoms with Gasteiger partial charge < -0.3 is 10.6 Å². The highest BCUT2D eigenvalue weighted by Gasteiger charge is 2.08. The fourth-order valence-electron chi connectivity index (χ4n) is 1.65. The predicted molar refractivity (Wildman–Crippen MR) is 73.9 cm³/mol. The summed E-state index contributed by atoms with van der Waals surface area (Å²) in [6.45, 7) is 4.98. The van der Waals surface area contributed by atoms with Gasteiger partial charge in [-0.3, -0.25) is 4.68 Å². The molecule has 0 saturated heterocycles. The first kappa shape index (κ1) is 13.5. The standard InChI is InChI=1S/C12H17N5OS/c1-9(7-17-5-3-4-14-17)16-12(18)13-6-11-15-10(2)8-19-11/h3-5,8-9H,6-7H2,1-2H3,(H2,13,16,18)/t9-/m1/s1. The Kier molecular flexibility index (Phi) is 4.51. The molecule has 0 radical (unpaired) electrons. The molecule has 0 unspecified atom stereocenters. The van der Waals surface area contributed by atoms with E-state index in [0.29, 0.717) is 13.1 Å². The molecule has 0 spiro atoms. The van der Waals surface area contributed by atoms with Gasteiger partial charge in [-0.15, -0.1) is 11.3 Å². The lowest BCUT2D eigenvalue weighted by Crippen LogP contribution is -2.42. The van der Waals surface area contributed by atoms with E-state index >= 15 is 0 Å². The van der Waals surface area contributed by atoms with Gasteiger partial charge in [0, 0.05) is 29.5 Å². The number of aryl methyl sites for hydroxylation is 1. The van der Waals surface area contributed by atoms with Crippen molar-refractivity contribution >= 4 is 17.4 Å². The number of nitrogens with zero attached hydrogens (tertiary/aromatic N) is 3. The fourth-order valence-corrected chi connectivity index (χ4v) is 2.36. The summed E-state index contributed by atoms with van der Waals surface area (Å²) in [7, 11) is 0. The molecule has 0 fully saturated rings. The van der Waals surface area contributed by atoms with Crippen molar-refractivity contribution in [2.24, 2.45) is 0 Å². The summed E-state index contributed by atoms with van der Waals surface area (Å²) in [6, 6.07) is 1.68. The van der Waals surface area contributed by atoms with Crippen LogP contribution in [0.1, 0.15) is 17.6 Å². The molecule has 2 rings (SSSR count). The highest BCUT2D eigenvalue weighted by Crippen LogP contribution is 2.07. The van der Waals surface area contributed by atoms with Crippen molar-refractivity contribution in [3.8, 4) is 0 Å². The molecule has 6 nitrogen and oxygen atoms in total. The summed E-state index contributed by atoms with van der Waals surface area (Å²) in [5.74, 6) is 0. The number of aromatic nitrogens is 3. The van der Waals surface area contributed by atoms with Crippen LogP contribution in [0.4, 0.5) is 4.79 Å². The van der Waals surface area contributed by atoms with Gasteiger partial charge in [0.15, 0.2) is 0 Å². The predicted octanol–water partition coefficient (Wildman–Crippen LogP) is 1.54. The van der Waals surface area contributed by atoms with Crippen molar-refractivity contribution in [1.82, 2.24) is 25.4 Å². The Morgan fingerprint density at radius 2 is 2.42 bits per heavy atom. The molecule has 19 heavy (non-hydrogen) atoms. The average molecular weight is 279 g/mol. The van der Waals surface area contributed by atoms with Crippen LogP contribution < -0.4 is 10.6 Å². The number of carbonyl (C=O) groups excluding carboxylic acids is 1. The lowest BCUT2D eigenvalue weighted by Gasteiger charge is -2.14. The van der Waals surface area contributed by atoms with Crippen LogP contribution in [0.3, 0.4) is 0 Å². The van der Waals surface area contributed by atoms with Gasteiger partial charge in [0.25, 0.3) is 0 Å². The summed E-state index contributed by atoms with van der Waals surface area (Å²) in [5, 5.41) is 12.6. The van der Waals surface area contributed by atoms with Crippen molar-refractivity contribution < 1.29 is 4.79 Å². The van der Waals surface area contributed by atoms with E-state index in [1.54, 1.807) is 22.2 Å². The second kappa shape index (κ2) is 6.33. The quantitative estimate of drug-likeness (QED) is 0.872. The molecular formula is C12H17N5OS. The zero-order valence-corrected chi connectivity index (χ0v) is 11.8. The highest BCUT2D eigenvalue weighted by atomic mass is 32.1. The lowest BCUT2D eigenvalue weighted by atomic mass is 10.3. The first-order valence-corrected chi connectivity index (χ1v) is 6.94. The van der Waals surface area contributed by atoms with Crippen molar-refractivity contribution in [3.63, 3.8) is 0 Å². The van der Waals surface area contributed by atoms with E-state index in [0.717, 1.165) is 10.7 Å². The number of nitrogens with one attached hydrogen (secondary N) is 2. The maximum atomic E-state index is 11.7. The number of hydrogen-bond acceptors (Lipinski definition) is 4. The minimum absolute atomic E-state index is 0.0120. The number of amides is 2. The minimum Gasteiger partial charge on any atom is -0.334 e. The summed E-state index contributed by atoms with van der Waals surface area (Å²) in [4.78, 5) is 16.0. The van der Waals surface area contributed by atoms with E-state index in [9.17, 15) is 4.79 Å². The number of thiazole rings is 1. The van der Waals surface area contributed by atoms with Crippen LogP contribution in [-0.2, 0) is 13.1 Å². The molecule has 7 heteroatoms. The second-order valence-electron chi connectivity index (χ2n) is 4.34. The molecule has 0 aliphatic heterocycles. The van der Waals surface area contributed by atoms with Crippen LogP contribution in [0.2, 0.25) is 0 Å². The number of rotatable bonds is 5. The van der Waals surface area contributed by atoms with Crippen molar-refractivity contribution in [1.29, 1.82) is 0 Å². The number of hydrogen-bond donors (Lipinski definition) is 2. The minimum atomic E-state index is -0.187. The summed E-state index contributed by atoms with van der Waals surface area (Å²) < 4.78 is 1.79. The third-order valence-electron chi connectivity index (χ3n) is 2.46. The Morgan fingerprint density at radius 3 is 3.05 bits per heavy atom. The number of carbonyl (C=O) groups is 1. The summed E-state index contributed by atoms with van der Waals surface area (Å²) in [6.07, 6.45) is 3.59. The molecular weight excluding hydrogens is 262 g/mol. The highest BCUT2D eigenvalue weighted by molar-refractivity contribution is 7.09. The Hall–Kier alpha value is -1.89. The molecule has 0 aliphatic carbocycles. The molecule has 0 bridgehead atoms. The van der Waals surface area contributed by atoms with E-state index < -0.39 is 0 Å². The Bertz CT molecular complexity index is 522. The molecule has 102 valence electrons. The van der Waals surface area contributed by atoms with E-state index in [2.05, 4.69) is 20.7 Å². The van der Waals surface area contributed by atoms with Gasteiger partial charge in [-0.1, -0.05) is 0 Å². The van der Waals surface area contributed by atoms with Crippen LogP contribution in [0.5, 0.6) is 0 Å². The first-order valence-electron chi connectivity index (χ1n) is 6.06. The van der Waals surface area contributed by atoms with Crippen molar-refractivity contribution in [2.45, 2.75) is 33.0 Å². The maximum Gasteiger partial charge on any atom is 0.315 e. The molecule has 0 aromatic carbocycles. The monoisotopic (exact) mass is 279 g/mol. The molecule has 2 aromatic heterocycles. The third kappa shape index (κ3) is 4.36. The van der Waals surface area contributed by atoms with Crippen LogP contribution in [0.25, 0.3) is 0 Å². The van der Waals surface area contributed by atoms with E-state index in [4.69, 9.17) is 0 Å². The van der Waals surface area contributed by atoms with Crippen LogP contribution >= 0.6 is 11.3 Å². The van der Waals surface area contributed by atoms with Crippen LogP contribution in [-0.4, -0.2) is 26.8 Å². The smallest absolute Gasteiger partial charge is 0.315 e.